The van der Waals surface area contributed by atoms with Crippen LogP contribution in [0, 0.1) is 24.7 Å². The number of fused-ring (bicyclic) bond motifs is 1. The van der Waals surface area contributed by atoms with E-state index in [0.717, 1.165) is 32.2 Å². The van der Waals surface area contributed by atoms with E-state index in [1.807, 2.05) is 0 Å². The molecule has 1 aromatic carbocycles. The first-order valence-electron chi connectivity index (χ1n) is 9.50. The largest absolute Gasteiger partial charge is 0.302 e. The van der Waals surface area contributed by atoms with Gasteiger partial charge in [-0.2, -0.15) is 0 Å². The van der Waals surface area contributed by atoms with Crippen LogP contribution in [-0.2, 0) is 16.6 Å². The van der Waals surface area contributed by atoms with Crippen molar-refractivity contribution in [2.75, 3.05) is 13.6 Å². The first-order valence-corrected chi connectivity index (χ1v) is 9.50. The molecule has 0 amide bonds. The smallest absolute Gasteiger partial charge is 0.139 e. The second-order valence-corrected chi connectivity index (χ2v) is 9.36. The van der Waals surface area contributed by atoms with E-state index in [1.54, 1.807) is 0 Å². The highest BCUT2D eigenvalue weighted by molar-refractivity contribution is 5.88. The number of nitrogens with zero attached hydrogens (tertiary/aromatic N) is 1. The van der Waals surface area contributed by atoms with E-state index >= 15 is 0 Å². The number of Topliss-reactive ketones (excluding diaryl/α,β-unsaturated/α-hetero) is 1. The van der Waals surface area contributed by atoms with Crippen molar-refractivity contribution in [3.8, 4) is 0 Å². The molecule has 3 atom stereocenters. The van der Waals surface area contributed by atoms with Gasteiger partial charge in [-0.15, -0.1) is 0 Å². The Hall–Kier alpha value is -1.15. The van der Waals surface area contributed by atoms with Gasteiger partial charge in [0.1, 0.15) is 5.78 Å². The van der Waals surface area contributed by atoms with Crippen LogP contribution in [0.1, 0.15) is 62.3 Å². The number of hydrogen-bond acceptors (Lipinski definition) is 2. The molecule has 4 rings (SSSR count). The fourth-order valence-corrected chi connectivity index (χ4v) is 6.84. The van der Waals surface area contributed by atoms with Crippen LogP contribution in [0.25, 0.3) is 0 Å². The van der Waals surface area contributed by atoms with Crippen LogP contribution in [0.15, 0.2) is 12.1 Å². The summed E-state index contributed by atoms with van der Waals surface area (Å²) in [4.78, 5) is 15.7. The molecule has 1 aliphatic heterocycles. The normalized spacial score (nSPS) is 37.8. The zero-order valence-electron chi connectivity index (χ0n) is 16.1. The van der Waals surface area contributed by atoms with Crippen LogP contribution in [0.4, 0.5) is 0 Å². The minimum Gasteiger partial charge on any atom is -0.302 e. The summed E-state index contributed by atoms with van der Waals surface area (Å²) in [6.07, 6.45) is 4.02. The van der Waals surface area contributed by atoms with Gasteiger partial charge >= 0.3 is 0 Å². The molecule has 24 heavy (non-hydrogen) atoms. The molecule has 0 N–H and O–H groups in total. The van der Waals surface area contributed by atoms with E-state index in [9.17, 15) is 4.79 Å². The van der Waals surface area contributed by atoms with Gasteiger partial charge in [0.2, 0.25) is 0 Å². The van der Waals surface area contributed by atoms with Crippen LogP contribution >= 0.6 is 0 Å². The van der Waals surface area contributed by atoms with Crippen LogP contribution in [0.5, 0.6) is 0 Å². The summed E-state index contributed by atoms with van der Waals surface area (Å²) in [5.41, 5.74) is 5.72. The van der Waals surface area contributed by atoms with Crippen LogP contribution in [0.3, 0.4) is 0 Å². The van der Waals surface area contributed by atoms with Crippen LogP contribution in [-0.4, -0.2) is 30.3 Å². The van der Waals surface area contributed by atoms with Crippen molar-refractivity contribution < 1.29 is 4.79 Å². The summed E-state index contributed by atoms with van der Waals surface area (Å²) in [6, 6.07) is 5.18. The molecule has 1 saturated heterocycles. The Bertz CT molecular complexity index is 734. The summed E-state index contributed by atoms with van der Waals surface area (Å²) in [7, 11) is 2.29. The van der Waals surface area contributed by atoms with E-state index in [1.165, 1.54) is 22.3 Å². The number of carbonyl (C=O) groups excluding carboxylic acids is 1. The molecular formula is C22H31NO. The number of likely N-dealkylation sites (N-methyl/N-ethyl adjacent to an activating group) is 1. The van der Waals surface area contributed by atoms with Crippen LogP contribution in [0.2, 0.25) is 0 Å². The predicted octanol–water partition coefficient (Wildman–Crippen LogP) is 4.20. The molecule has 1 heterocycles. The molecule has 2 bridgehead atoms. The topological polar surface area (TPSA) is 20.3 Å². The first kappa shape index (κ1) is 16.3. The van der Waals surface area contributed by atoms with Gasteiger partial charge < -0.3 is 4.90 Å². The molecular weight excluding hydrogens is 294 g/mol. The molecule has 1 unspecified atom stereocenters. The molecule has 2 fully saturated rings. The number of rotatable bonds is 0. The fraction of sp³-hybridized carbons (Fsp3) is 0.682. The average Bonchev–Trinajstić information content (AvgIpc) is 2.51. The van der Waals surface area contributed by atoms with Gasteiger partial charge in [0.25, 0.3) is 0 Å². The van der Waals surface area contributed by atoms with Crippen molar-refractivity contribution >= 4 is 5.78 Å². The summed E-state index contributed by atoms with van der Waals surface area (Å²) in [5, 5.41) is 0. The lowest BCUT2D eigenvalue weighted by Gasteiger charge is -2.69. The zero-order chi connectivity index (χ0) is 17.5. The van der Waals surface area contributed by atoms with Gasteiger partial charge in [0.15, 0.2) is 0 Å². The maximum Gasteiger partial charge on any atom is 0.139 e. The van der Waals surface area contributed by atoms with E-state index in [-0.39, 0.29) is 16.2 Å². The SMILES string of the molecule is Cc1ccc2c(c1C)[C@]13CCN(C)[C@@H](C2)C1(C)CCC(=O)C3(C)C. The second kappa shape index (κ2) is 4.72. The molecule has 2 nitrogen and oxygen atoms in total. The van der Waals surface area contributed by atoms with E-state index < -0.39 is 0 Å². The van der Waals surface area contributed by atoms with E-state index in [0.29, 0.717) is 11.8 Å². The van der Waals surface area contributed by atoms with Gasteiger partial charge in [-0.1, -0.05) is 32.9 Å². The second-order valence-electron chi connectivity index (χ2n) is 9.36. The molecule has 2 aliphatic carbocycles. The first-order chi connectivity index (χ1) is 11.2. The lowest BCUT2D eigenvalue weighted by Crippen LogP contribution is -2.72. The Balaban J connectivity index is 2.12. The number of ketones is 1. The summed E-state index contributed by atoms with van der Waals surface area (Å²) in [6.45, 7) is 12.6. The Kier molecular flexibility index (Phi) is 3.21. The third kappa shape index (κ3) is 1.59. The minimum absolute atomic E-state index is 0.0177. The van der Waals surface area contributed by atoms with Gasteiger partial charge in [-0.25, -0.2) is 0 Å². The standard InChI is InChI=1S/C22H31NO/c1-14-7-8-16-13-17-21(5)10-9-18(24)20(3,4)22(21,11-12-23(17)6)19(16)15(14)2/h7-8,17H,9-13H2,1-6H3/t17-,21?,22-/m0/s1. The average molecular weight is 325 g/mol. The van der Waals surface area contributed by atoms with Crippen LogP contribution < -0.4 is 0 Å². The number of carbonyl (C=O) groups is 1. The van der Waals surface area contributed by atoms with Crippen molar-refractivity contribution in [1.82, 2.24) is 4.90 Å². The lowest BCUT2D eigenvalue weighted by molar-refractivity contribution is -0.162. The molecule has 130 valence electrons. The highest BCUT2D eigenvalue weighted by Crippen LogP contribution is 2.68. The predicted molar refractivity (Wildman–Crippen MR) is 98.5 cm³/mol. The van der Waals surface area contributed by atoms with E-state index in [4.69, 9.17) is 0 Å². The number of likely N-dealkylation sites (tertiary alicyclic amines) is 1. The third-order valence-corrected chi connectivity index (χ3v) is 8.38. The molecule has 0 spiro atoms. The molecule has 1 saturated carbocycles. The zero-order valence-corrected chi connectivity index (χ0v) is 16.1. The Labute approximate surface area is 146 Å². The molecule has 3 aliphatic rings. The van der Waals surface area contributed by atoms with Gasteiger partial charge in [-0.05, 0) is 74.4 Å². The van der Waals surface area contributed by atoms with Crippen molar-refractivity contribution in [3.05, 3.63) is 34.4 Å². The fourth-order valence-electron chi connectivity index (χ4n) is 6.84. The summed E-state index contributed by atoms with van der Waals surface area (Å²) in [5.74, 6) is 0.469. The third-order valence-electron chi connectivity index (χ3n) is 8.38. The number of aryl methyl sites for hydroxylation is 1. The summed E-state index contributed by atoms with van der Waals surface area (Å²) >= 11 is 0. The van der Waals surface area contributed by atoms with Crippen molar-refractivity contribution in [2.24, 2.45) is 10.8 Å². The Morgan fingerprint density at radius 3 is 2.54 bits per heavy atom. The maximum atomic E-state index is 13.1. The Morgan fingerprint density at radius 2 is 1.83 bits per heavy atom. The molecule has 0 radical (unpaired) electrons. The number of piperidine rings is 1. The highest BCUT2D eigenvalue weighted by atomic mass is 16.1. The number of hydrogen-bond donors (Lipinski definition) is 0. The monoisotopic (exact) mass is 325 g/mol. The van der Waals surface area contributed by atoms with Gasteiger partial charge in [0.05, 0.1) is 0 Å². The van der Waals surface area contributed by atoms with Gasteiger partial charge in [-0.3, -0.25) is 4.79 Å². The quantitative estimate of drug-likeness (QED) is 0.712. The van der Waals surface area contributed by atoms with Crippen molar-refractivity contribution in [3.63, 3.8) is 0 Å². The summed E-state index contributed by atoms with van der Waals surface area (Å²) < 4.78 is 0. The highest BCUT2D eigenvalue weighted by Gasteiger charge is 2.69. The minimum atomic E-state index is -0.284. The van der Waals surface area contributed by atoms with Crippen molar-refractivity contribution in [2.45, 2.75) is 71.8 Å². The molecule has 0 aromatic heterocycles. The molecule has 1 aromatic rings. The Morgan fingerprint density at radius 1 is 1.12 bits per heavy atom. The maximum absolute atomic E-state index is 13.1. The van der Waals surface area contributed by atoms with E-state index in [2.05, 4.69) is 58.7 Å². The lowest BCUT2D eigenvalue weighted by atomic mass is 9.37. The van der Waals surface area contributed by atoms with Crippen molar-refractivity contribution in [1.29, 1.82) is 0 Å². The van der Waals surface area contributed by atoms with Gasteiger partial charge in [0, 0.05) is 23.3 Å². The molecule has 2 heteroatoms. The number of benzene rings is 1.